The smallest absolute Gasteiger partial charge is 0.158 e. The van der Waals surface area contributed by atoms with Gasteiger partial charge in [-0.05, 0) is 37.0 Å². The Kier molecular flexibility index (Phi) is 5.88. The molecule has 3 atom stereocenters. The van der Waals surface area contributed by atoms with Crippen molar-refractivity contribution >= 4 is 0 Å². The van der Waals surface area contributed by atoms with Crippen LogP contribution < -0.4 is 4.90 Å². The maximum atomic E-state index is 6.11. The molecule has 3 heteroatoms. The van der Waals surface area contributed by atoms with Crippen LogP contribution in [0.25, 0.3) is 0 Å². The van der Waals surface area contributed by atoms with Crippen molar-refractivity contribution in [2.45, 2.75) is 72.2 Å². The Balaban J connectivity index is 1.66. The number of ether oxygens (including phenoxy) is 2. The summed E-state index contributed by atoms with van der Waals surface area (Å²) in [6.45, 7) is 13.8. The lowest BCUT2D eigenvalue weighted by Gasteiger charge is -2.26. The van der Waals surface area contributed by atoms with E-state index < -0.39 is 0 Å². The third-order valence-electron chi connectivity index (χ3n) is 4.44. The Labute approximate surface area is 125 Å². The molecule has 2 heterocycles. The second kappa shape index (κ2) is 7.24. The van der Waals surface area contributed by atoms with Crippen LogP contribution in [0.15, 0.2) is 0 Å². The fraction of sp³-hybridized carbons (Fsp3) is 1.00. The van der Waals surface area contributed by atoms with Crippen LogP contribution in [0.1, 0.15) is 59.8 Å². The highest BCUT2D eigenvalue weighted by atomic mass is 16.7. The van der Waals surface area contributed by atoms with E-state index in [0.29, 0.717) is 17.4 Å². The largest absolute Gasteiger partial charge is 0.350 e. The molecule has 0 spiro atoms. The summed E-state index contributed by atoms with van der Waals surface area (Å²) >= 11 is 0. The van der Waals surface area contributed by atoms with Crippen LogP contribution in [0.2, 0.25) is 0 Å². The van der Waals surface area contributed by atoms with Gasteiger partial charge in [-0.15, -0.1) is 0 Å². The number of nitrogens with one attached hydrogen (secondary N) is 1. The van der Waals surface area contributed by atoms with E-state index in [9.17, 15) is 0 Å². The predicted octanol–water partition coefficient (Wildman–Crippen LogP) is 2.26. The van der Waals surface area contributed by atoms with Crippen molar-refractivity contribution in [3.63, 3.8) is 0 Å². The standard InChI is InChI=1S/C17H33NO2/c1-14(11-17(2,3)4)10-16-19-13-15(20-16)12-18-8-6-5-7-9-18/h14-16H,5-13H2,1-4H3/p+1. The first-order valence-electron chi connectivity index (χ1n) is 8.53. The molecular weight excluding hydrogens is 250 g/mol. The first-order chi connectivity index (χ1) is 9.42. The van der Waals surface area contributed by atoms with Gasteiger partial charge in [-0.3, -0.25) is 0 Å². The minimum absolute atomic E-state index is 0.0431. The van der Waals surface area contributed by atoms with Crippen LogP contribution in [0.3, 0.4) is 0 Å². The Morgan fingerprint density at radius 2 is 1.85 bits per heavy atom. The summed E-state index contributed by atoms with van der Waals surface area (Å²) in [5, 5.41) is 0. The highest BCUT2D eigenvalue weighted by Gasteiger charge is 2.31. The molecule has 2 rings (SSSR count). The van der Waals surface area contributed by atoms with E-state index in [1.807, 2.05) is 0 Å². The average molecular weight is 284 g/mol. The summed E-state index contributed by atoms with van der Waals surface area (Å²) in [6.07, 6.45) is 6.83. The minimum atomic E-state index is 0.0431. The van der Waals surface area contributed by atoms with Gasteiger partial charge in [0.05, 0.1) is 19.7 Å². The molecule has 20 heavy (non-hydrogen) atoms. The molecule has 2 aliphatic heterocycles. The van der Waals surface area contributed by atoms with Gasteiger partial charge in [-0.1, -0.05) is 27.7 Å². The van der Waals surface area contributed by atoms with Crippen molar-refractivity contribution in [1.29, 1.82) is 0 Å². The van der Waals surface area contributed by atoms with E-state index in [2.05, 4.69) is 27.7 Å². The summed E-state index contributed by atoms with van der Waals surface area (Å²) < 4.78 is 12.0. The van der Waals surface area contributed by atoms with Crippen molar-refractivity contribution in [3.05, 3.63) is 0 Å². The number of likely N-dealkylation sites (tertiary alicyclic amines) is 1. The van der Waals surface area contributed by atoms with E-state index in [4.69, 9.17) is 9.47 Å². The van der Waals surface area contributed by atoms with Crippen LogP contribution >= 0.6 is 0 Å². The maximum absolute atomic E-state index is 6.11. The van der Waals surface area contributed by atoms with E-state index in [-0.39, 0.29) is 6.29 Å². The third-order valence-corrected chi connectivity index (χ3v) is 4.44. The molecule has 2 fully saturated rings. The predicted molar refractivity (Wildman–Crippen MR) is 81.9 cm³/mol. The van der Waals surface area contributed by atoms with Crippen molar-refractivity contribution in [1.82, 2.24) is 0 Å². The quantitative estimate of drug-likeness (QED) is 0.837. The molecule has 0 saturated carbocycles. The molecule has 0 amide bonds. The topological polar surface area (TPSA) is 22.9 Å². The number of quaternary nitrogens is 1. The van der Waals surface area contributed by atoms with Gasteiger partial charge in [0.1, 0.15) is 12.6 Å². The summed E-state index contributed by atoms with van der Waals surface area (Å²) in [4.78, 5) is 1.72. The number of piperidine rings is 1. The molecule has 2 saturated heterocycles. The van der Waals surface area contributed by atoms with Crippen LogP contribution in [0.4, 0.5) is 0 Å². The van der Waals surface area contributed by atoms with Crippen molar-refractivity contribution in [2.75, 3.05) is 26.2 Å². The van der Waals surface area contributed by atoms with Crippen molar-refractivity contribution < 1.29 is 14.4 Å². The van der Waals surface area contributed by atoms with Crippen LogP contribution in [0, 0.1) is 11.3 Å². The average Bonchev–Trinajstić information content (AvgIpc) is 2.75. The molecule has 118 valence electrons. The monoisotopic (exact) mass is 284 g/mol. The molecular formula is C17H34NO2+. The van der Waals surface area contributed by atoms with Crippen LogP contribution in [-0.4, -0.2) is 38.6 Å². The van der Waals surface area contributed by atoms with Gasteiger partial charge < -0.3 is 14.4 Å². The van der Waals surface area contributed by atoms with Gasteiger partial charge >= 0.3 is 0 Å². The highest BCUT2D eigenvalue weighted by Crippen LogP contribution is 2.28. The van der Waals surface area contributed by atoms with Crippen LogP contribution in [0.5, 0.6) is 0 Å². The van der Waals surface area contributed by atoms with Crippen LogP contribution in [-0.2, 0) is 9.47 Å². The molecule has 0 aromatic rings. The highest BCUT2D eigenvalue weighted by molar-refractivity contribution is 4.71. The van der Waals surface area contributed by atoms with E-state index in [1.165, 1.54) is 38.8 Å². The minimum Gasteiger partial charge on any atom is -0.350 e. The number of hydrogen-bond donors (Lipinski definition) is 1. The Bertz CT molecular complexity index is 281. The summed E-state index contributed by atoms with van der Waals surface area (Å²) in [5.74, 6) is 0.668. The molecule has 0 aliphatic carbocycles. The van der Waals surface area contributed by atoms with Gasteiger partial charge in [0.2, 0.25) is 0 Å². The van der Waals surface area contributed by atoms with Gasteiger partial charge in [0.25, 0.3) is 0 Å². The van der Waals surface area contributed by atoms with E-state index >= 15 is 0 Å². The zero-order valence-electron chi connectivity index (χ0n) is 13.9. The molecule has 0 aromatic carbocycles. The Morgan fingerprint density at radius 1 is 1.15 bits per heavy atom. The molecule has 0 bridgehead atoms. The number of hydrogen-bond acceptors (Lipinski definition) is 2. The molecule has 0 aromatic heterocycles. The SMILES string of the molecule is CC(CC1OCC(C[NH+]2CCCCC2)O1)CC(C)(C)C. The zero-order valence-corrected chi connectivity index (χ0v) is 13.9. The van der Waals surface area contributed by atoms with Crippen molar-refractivity contribution in [3.8, 4) is 0 Å². The third kappa shape index (κ3) is 5.71. The van der Waals surface area contributed by atoms with E-state index in [0.717, 1.165) is 19.6 Å². The lowest BCUT2D eigenvalue weighted by molar-refractivity contribution is -0.907. The molecule has 2 aliphatic rings. The first kappa shape index (κ1) is 16.3. The lowest BCUT2D eigenvalue weighted by Crippen LogP contribution is -3.13. The Hall–Kier alpha value is -0.120. The fourth-order valence-electron chi connectivity index (χ4n) is 3.77. The molecule has 3 nitrogen and oxygen atoms in total. The molecule has 3 unspecified atom stereocenters. The normalized spacial score (nSPS) is 30.6. The van der Waals surface area contributed by atoms with E-state index in [1.54, 1.807) is 4.90 Å². The maximum Gasteiger partial charge on any atom is 0.158 e. The summed E-state index contributed by atoms with van der Waals surface area (Å²) in [7, 11) is 0. The van der Waals surface area contributed by atoms with Gasteiger partial charge in [0.15, 0.2) is 6.29 Å². The second-order valence-electron chi connectivity index (χ2n) is 8.14. The second-order valence-corrected chi connectivity index (χ2v) is 8.14. The fourth-order valence-corrected chi connectivity index (χ4v) is 3.77. The van der Waals surface area contributed by atoms with Gasteiger partial charge in [0, 0.05) is 6.42 Å². The summed E-state index contributed by atoms with van der Waals surface area (Å²) in [5.41, 5.74) is 0.398. The van der Waals surface area contributed by atoms with Gasteiger partial charge in [-0.25, -0.2) is 0 Å². The van der Waals surface area contributed by atoms with Crippen molar-refractivity contribution in [2.24, 2.45) is 11.3 Å². The molecule has 0 radical (unpaired) electrons. The zero-order chi connectivity index (χ0) is 14.6. The Morgan fingerprint density at radius 3 is 2.50 bits per heavy atom. The van der Waals surface area contributed by atoms with Gasteiger partial charge in [-0.2, -0.15) is 0 Å². The lowest BCUT2D eigenvalue weighted by atomic mass is 9.84. The molecule has 1 N–H and O–H groups in total. The number of rotatable bonds is 5. The first-order valence-corrected chi connectivity index (χ1v) is 8.53. The summed E-state index contributed by atoms with van der Waals surface area (Å²) in [6, 6.07) is 0.